The van der Waals surface area contributed by atoms with Crippen LogP contribution in [0, 0.1) is 0 Å². The summed E-state index contributed by atoms with van der Waals surface area (Å²) in [6, 6.07) is 2.07. The molecule has 0 bridgehead atoms. The van der Waals surface area contributed by atoms with Gasteiger partial charge in [-0.05, 0) is 31.7 Å². The third-order valence-electron chi connectivity index (χ3n) is 3.92. The van der Waals surface area contributed by atoms with Crippen LogP contribution in [0.25, 0.3) is 0 Å². The molecule has 1 heterocycles. The van der Waals surface area contributed by atoms with Crippen LogP contribution in [-0.4, -0.2) is 16.5 Å². The van der Waals surface area contributed by atoms with Crippen LogP contribution >= 0.6 is 0 Å². The van der Waals surface area contributed by atoms with Crippen LogP contribution in [0.1, 0.15) is 49.5 Å². The highest BCUT2D eigenvalue weighted by Gasteiger charge is 2.46. The molecule has 2 aliphatic rings. The first-order valence-corrected chi connectivity index (χ1v) is 5.88. The minimum absolute atomic E-state index is 0.139. The third kappa shape index (κ3) is 1.46. The monoisotopic (exact) mass is 203 g/mol. The molecule has 0 aliphatic heterocycles. The molecule has 0 atom stereocenters. The molecule has 2 saturated carbocycles. The molecular formula is C12H17N3. The van der Waals surface area contributed by atoms with Gasteiger partial charge in [-0.2, -0.15) is 0 Å². The largest absolute Gasteiger partial charge is 0.329 e. The van der Waals surface area contributed by atoms with E-state index in [1.165, 1.54) is 25.0 Å². The molecule has 0 spiro atoms. The molecular weight excluding hydrogens is 186 g/mol. The average molecular weight is 203 g/mol. The molecule has 3 rings (SSSR count). The number of hydrogen-bond acceptors (Lipinski definition) is 3. The maximum absolute atomic E-state index is 5.79. The van der Waals surface area contributed by atoms with Crippen molar-refractivity contribution < 1.29 is 0 Å². The lowest BCUT2D eigenvalue weighted by molar-refractivity contribution is 0.408. The highest BCUT2D eigenvalue weighted by Crippen LogP contribution is 2.46. The fourth-order valence-electron chi connectivity index (χ4n) is 2.23. The number of aromatic nitrogens is 2. The zero-order valence-corrected chi connectivity index (χ0v) is 8.95. The molecule has 2 fully saturated rings. The summed E-state index contributed by atoms with van der Waals surface area (Å²) in [7, 11) is 0. The van der Waals surface area contributed by atoms with Gasteiger partial charge in [0, 0.05) is 29.8 Å². The van der Waals surface area contributed by atoms with Crippen LogP contribution in [0.3, 0.4) is 0 Å². The van der Waals surface area contributed by atoms with Crippen molar-refractivity contribution in [3.63, 3.8) is 0 Å². The Morgan fingerprint density at radius 2 is 2.20 bits per heavy atom. The lowest BCUT2D eigenvalue weighted by Crippen LogP contribution is -2.23. The van der Waals surface area contributed by atoms with Crippen LogP contribution < -0.4 is 5.73 Å². The van der Waals surface area contributed by atoms with Crippen molar-refractivity contribution in [2.45, 2.75) is 43.4 Å². The van der Waals surface area contributed by atoms with E-state index in [1.807, 2.05) is 6.20 Å². The second kappa shape index (κ2) is 3.27. The van der Waals surface area contributed by atoms with Crippen LogP contribution in [0.4, 0.5) is 0 Å². The zero-order chi connectivity index (χ0) is 10.3. The summed E-state index contributed by atoms with van der Waals surface area (Å²) in [5.74, 6) is 1.69. The van der Waals surface area contributed by atoms with Gasteiger partial charge in [-0.15, -0.1) is 0 Å². The fourth-order valence-corrected chi connectivity index (χ4v) is 2.23. The van der Waals surface area contributed by atoms with Gasteiger partial charge < -0.3 is 5.73 Å². The van der Waals surface area contributed by atoms with E-state index in [-0.39, 0.29) is 5.41 Å². The Morgan fingerprint density at radius 1 is 1.40 bits per heavy atom. The van der Waals surface area contributed by atoms with Crippen LogP contribution in [0.2, 0.25) is 0 Å². The van der Waals surface area contributed by atoms with E-state index in [1.54, 1.807) is 0 Å². The summed E-state index contributed by atoms with van der Waals surface area (Å²) in [4.78, 5) is 9.10. The predicted molar refractivity (Wildman–Crippen MR) is 58.6 cm³/mol. The van der Waals surface area contributed by atoms with Crippen molar-refractivity contribution in [3.05, 3.63) is 23.8 Å². The predicted octanol–water partition coefficient (Wildman–Crippen LogP) is 1.73. The zero-order valence-electron chi connectivity index (χ0n) is 8.95. The minimum atomic E-state index is 0.139. The van der Waals surface area contributed by atoms with E-state index in [0.29, 0.717) is 12.5 Å². The SMILES string of the molecule is NCC1(c2nccc(C3CCC3)n2)CC1. The smallest absolute Gasteiger partial charge is 0.135 e. The maximum Gasteiger partial charge on any atom is 0.135 e. The molecule has 1 aromatic rings. The van der Waals surface area contributed by atoms with E-state index < -0.39 is 0 Å². The van der Waals surface area contributed by atoms with Crippen molar-refractivity contribution in [1.82, 2.24) is 9.97 Å². The molecule has 0 aromatic carbocycles. The summed E-state index contributed by atoms with van der Waals surface area (Å²) in [5.41, 5.74) is 7.17. The molecule has 3 nitrogen and oxygen atoms in total. The van der Waals surface area contributed by atoms with Gasteiger partial charge in [-0.25, -0.2) is 9.97 Å². The van der Waals surface area contributed by atoms with Gasteiger partial charge >= 0.3 is 0 Å². The molecule has 2 aliphatic carbocycles. The van der Waals surface area contributed by atoms with Gasteiger partial charge in [0.15, 0.2) is 0 Å². The summed E-state index contributed by atoms with van der Waals surface area (Å²) >= 11 is 0. The van der Waals surface area contributed by atoms with Crippen molar-refractivity contribution >= 4 is 0 Å². The van der Waals surface area contributed by atoms with Gasteiger partial charge in [0.1, 0.15) is 5.82 Å². The lowest BCUT2D eigenvalue weighted by atomic mass is 9.83. The minimum Gasteiger partial charge on any atom is -0.329 e. The Bertz CT molecular complexity index is 367. The quantitative estimate of drug-likeness (QED) is 0.814. The van der Waals surface area contributed by atoms with E-state index in [9.17, 15) is 0 Å². The van der Waals surface area contributed by atoms with Crippen LogP contribution in [0.15, 0.2) is 12.3 Å². The molecule has 0 amide bonds. The number of rotatable bonds is 3. The molecule has 80 valence electrons. The first kappa shape index (κ1) is 9.28. The molecule has 3 heteroatoms. The second-order valence-corrected chi connectivity index (χ2v) is 4.92. The summed E-state index contributed by atoms with van der Waals surface area (Å²) in [6.07, 6.45) is 8.19. The standard InChI is InChI=1S/C12H17N3/c13-8-12(5-6-12)11-14-7-4-10(15-11)9-2-1-3-9/h4,7,9H,1-3,5-6,8,13H2. The number of hydrogen-bond donors (Lipinski definition) is 1. The normalized spacial score (nSPS) is 23.5. The average Bonchev–Trinajstić information content (AvgIpc) is 2.96. The Kier molecular flexibility index (Phi) is 2.02. The molecule has 0 unspecified atom stereocenters. The van der Waals surface area contributed by atoms with Gasteiger partial charge in [0.2, 0.25) is 0 Å². The third-order valence-corrected chi connectivity index (χ3v) is 3.92. The number of nitrogens with zero attached hydrogens (tertiary/aromatic N) is 2. The van der Waals surface area contributed by atoms with E-state index in [4.69, 9.17) is 10.7 Å². The Hall–Kier alpha value is -0.960. The molecule has 0 radical (unpaired) electrons. The lowest BCUT2D eigenvalue weighted by Gasteiger charge is -2.25. The van der Waals surface area contributed by atoms with Gasteiger partial charge in [0.05, 0.1) is 0 Å². The molecule has 1 aromatic heterocycles. The highest BCUT2D eigenvalue weighted by molar-refractivity contribution is 5.22. The Morgan fingerprint density at radius 3 is 2.73 bits per heavy atom. The topological polar surface area (TPSA) is 51.8 Å². The van der Waals surface area contributed by atoms with Crippen molar-refractivity contribution in [2.75, 3.05) is 6.54 Å². The first-order valence-electron chi connectivity index (χ1n) is 5.88. The first-order chi connectivity index (χ1) is 7.34. The fraction of sp³-hybridized carbons (Fsp3) is 0.667. The Balaban J connectivity index is 1.89. The molecule has 2 N–H and O–H groups in total. The van der Waals surface area contributed by atoms with Gasteiger partial charge in [-0.1, -0.05) is 6.42 Å². The van der Waals surface area contributed by atoms with Gasteiger partial charge in [0.25, 0.3) is 0 Å². The highest BCUT2D eigenvalue weighted by atomic mass is 14.9. The van der Waals surface area contributed by atoms with Crippen molar-refractivity contribution in [3.8, 4) is 0 Å². The van der Waals surface area contributed by atoms with Crippen molar-refractivity contribution in [2.24, 2.45) is 5.73 Å². The molecule has 15 heavy (non-hydrogen) atoms. The van der Waals surface area contributed by atoms with Crippen LogP contribution in [0.5, 0.6) is 0 Å². The number of nitrogens with two attached hydrogens (primary N) is 1. The van der Waals surface area contributed by atoms with Crippen molar-refractivity contribution in [1.29, 1.82) is 0 Å². The molecule has 0 saturated heterocycles. The van der Waals surface area contributed by atoms with Crippen LogP contribution in [-0.2, 0) is 5.41 Å². The maximum atomic E-state index is 5.79. The Labute approximate surface area is 90.1 Å². The van der Waals surface area contributed by atoms with E-state index in [2.05, 4.69) is 11.1 Å². The summed E-state index contributed by atoms with van der Waals surface area (Å²) < 4.78 is 0. The summed E-state index contributed by atoms with van der Waals surface area (Å²) in [6.45, 7) is 0.696. The van der Waals surface area contributed by atoms with Gasteiger partial charge in [-0.3, -0.25) is 0 Å². The second-order valence-electron chi connectivity index (χ2n) is 4.92. The van der Waals surface area contributed by atoms with E-state index in [0.717, 1.165) is 18.7 Å². The summed E-state index contributed by atoms with van der Waals surface area (Å²) in [5, 5.41) is 0. The van der Waals surface area contributed by atoms with E-state index >= 15 is 0 Å².